The van der Waals surface area contributed by atoms with E-state index < -0.39 is 10.0 Å². The Morgan fingerprint density at radius 3 is 2.70 bits per heavy atom. The van der Waals surface area contributed by atoms with E-state index in [0.29, 0.717) is 10.6 Å². The van der Waals surface area contributed by atoms with E-state index in [1.807, 2.05) is 0 Å². The van der Waals surface area contributed by atoms with E-state index in [1.54, 1.807) is 19.1 Å². The van der Waals surface area contributed by atoms with Crippen LogP contribution in [0.25, 0.3) is 0 Å². The maximum atomic E-state index is 12.5. The Bertz CT molecular complexity index is 574. The number of nitrogens with one attached hydrogen (secondary N) is 1. The molecule has 0 aromatic heterocycles. The van der Waals surface area contributed by atoms with Gasteiger partial charge in [0.2, 0.25) is 10.0 Å². The molecule has 0 amide bonds. The van der Waals surface area contributed by atoms with Crippen LogP contribution in [-0.2, 0) is 10.0 Å². The molecule has 2 unspecified atom stereocenters. The summed E-state index contributed by atoms with van der Waals surface area (Å²) in [6, 6.07) is 4.55. The second kappa shape index (κ2) is 6.43. The standard InChI is InChI=1S/C14H20ClNO3S/c1-10-8-12(15)6-7-14(10)20(18,19)16-13-5-3-2-4-11(13)9-17/h6-8,11,13,16-17H,2-5,9H2,1H3. The second-order valence-corrected chi connectivity index (χ2v) is 7.48. The Hall–Kier alpha value is -0.620. The van der Waals surface area contributed by atoms with Gasteiger partial charge in [0.15, 0.2) is 0 Å². The molecule has 0 spiro atoms. The summed E-state index contributed by atoms with van der Waals surface area (Å²) >= 11 is 5.86. The molecule has 6 heteroatoms. The first-order chi connectivity index (χ1) is 9.44. The van der Waals surface area contributed by atoms with Gasteiger partial charge in [-0.3, -0.25) is 0 Å². The lowest BCUT2D eigenvalue weighted by Crippen LogP contribution is -2.43. The molecule has 20 heavy (non-hydrogen) atoms. The van der Waals surface area contributed by atoms with Gasteiger partial charge in [-0.1, -0.05) is 24.4 Å². The second-order valence-electron chi connectivity index (χ2n) is 5.36. The molecule has 2 atom stereocenters. The van der Waals surface area contributed by atoms with Crippen molar-refractivity contribution >= 4 is 21.6 Å². The normalized spacial score (nSPS) is 23.8. The number of benzene rings is 1. The van der Waals surface area contributed by atoms with Crippen molar-refractivity contribution in [3.63, 3.8) is 0 Å². The molecule has 1 aromatic carbocycles. The third-order valence-electron chi connectivity index (χ3n) is 3.88. The fourth-order valence-electron chi connectivity index (χ4n) is 2.76. The molecule has 1 saturated carbocycles. The van der Waals surface area contributed by atoms with Crippen molar-refractivity contribution in [2.45, 2.75) is 43.5 Å². The average Bonchev–Trinajstić information content (AvgIpc) is 2.38. The molecule has 2 N–H and O–H groups in total. The smallest absolute Gasteiger partial charge is 0.241 e. The van der Waals surface area contributed by atoms with E-state index in [1.165, 1.54) is 6.07 Å². The van der Waals surface area contributed by atoms with Crippen LogP contribution in [0.15, 0.2) is 23.1 Å². The molecule has 0 radical (unpaired) electrons. The lowest BCUT2D eigenvalue weighted by atomic mass is 9.86. The van der Waals surface area contributed by atoms with E-state index in [0.717, 1.165) is 25.7 Å². The van der Waals surface area contributed by atoms with Crippen LogP contribution in [0.5, 0.6) is 0 Å². The SMILES string of the molecule is Cc1cc(Cl)ccc1S(=O)(=O)NC1CCCCC1CO. The molecular formula is C14H20ClNO3S. The average molecular weight is 318 g/mol. The molecule has 1 fully saturated rings. The highest BCUT2D eigenvalue weighted by atomic mass is 35.5. The zero-order chi connectivity index (χ0) is 14.8. The van der Waals surface area contributed by atoms with Crippen molar-refractivity contribution in [2.75, 3.05) is 6.61 Å². The number of rotatable bonds is 4. The summed E-state index contributed by atoms with van der Waals surface area (Å²) in [5.41, 5.74) is 0.626. The van der Waals surface area contributed by atoms with Gasteiger partial charge >= 0.3 is 0 Å². The zero-order valence-corrected chi connectivity index (χ0v) is 13.0. The number of halogens is 1. The third-order valence-corrected chi connectivity index (χ3v) is 5.76. The van der Waals surface area contributed by atoms with Gasteiger partial charge in [-0.05, 0) is 49.4 Å². The third kappa shape index (κ3) is 3.52. The summed E-state index contributed by atoms with van der Waals surface area (Å²) in [5.74, 6) is 0.00568. The molecule has 0 bridgehead atoms. The van der Waals surface area contributed by atoms with E-state index >= 15 is 0 Å². The summed E-state index contributed by atoms with van der Waals surface area (Å²) < 4.78 is 27.7. The van der Waals surface area contributed by atoms with Gasteiger partial charge < -0.3 is 5.11 Å². The van der Waals surface area contributed by atoms with Crippen molar-refractivity contribution in [1.29, 1.82) is 0 Å². The Morgan fingerprint density at radius 2 is 2.05 bits per heavy atom. The van der Waals surface area contributed by atoms with Gasteiger partial charge in [0.25, 0.3) is 0 Å². The Morgan fingerprint density at radius 1 is 1.35 bits per heavy atom. The number of hydrogen-bond donors (Lipinski definition) is 2. The first kappa shape index (κ1) is 15.8. The quantitative estimate of drug-likeness (QED) is 0.896. The summed E-state index contributed by atoms with van der Waals surface area (Å²) in [6.45, 7) is 1.75. The zero-order valence-electron chi connectivity index (χ0n) is 11.5. The van der Waals surface area contributed by atoms with Crippen molar-refractivity contribution in [3.05, 3.63) is 28.8 Å². The Kier molecular flexibility index (Phi) is 5.07. The summed E-state index contributed by atoms with van der Waals surface area (Å²) in [6.07, 6.45) is 3.67. The van der Waals surface area contributed by atoms with Gasteiger partial charge in [0, 0.05) is 17.7 Å². The minimum atomic E-state index is -3.57. The fraction of sp³-hybridized carbons (Fsp3) is 0.571. The van der Waals surface area contributed by atoms with E-state index in [9.17, 15) is 13.5 Å². The number of sulfonamides is 1. The highest BCUT2D eigenvalue weighted by Crippen LogP contribution is 2.26. The summed E-state index contributed by atoms with van der Waals surface area (Å²) in [4.78, 5) is 0.254. The molecule has 0 heterocycles. The molecule has 2 rings (SSSR count). The highest BCUT2D eigenvalue weighted by molar-refractivity contribution is 7.89. The van der Waals surface area contributed by atoms with Gasteiger partial charge in [-0.15, -0.1) is 0 Å². The molecule has 1 aromatic rings. The van der Waals surface area contributed by atoms with Gasteiger partial charge in [-0.2, -0.15) is 0 Å². The van der Waals surface area contributed by atoms with E-state index in [4.69, 9.17) is 11.6 Å². The largest absolute Gasteiger partial charge is 0.396 e. The van der Waals surface area contributed by atoms with Crippen molar-refractivity contribution in [1.82, 2.24) is 4.72 Å². The maximum Gasteiger partial charge on any atom is 0.241 e. The predicted molar refractivity (Wildman–Crippen MR) is 79.3 cm³/mol. The predicted octanol–water partition coefficient (Wildman–Crippen LogP) is 2.48. The molecule has 0 saturated heterocycles. The summed E-state index contributed by atoms with van der Waals surface area (Å²) in [5, 5.41) is 9.89. The van der Waals surface area contributed by atoms with Crippen molar-refractivity contribution < 1.29 is 13.5 Å². The van der Waals surface area contributed by atoms with E-state index in [-0.39, 0.29) is 23.5 Å². The molecular weight excluding hydrogens is 298 g/mol. The Labute approximate surface area is 125 Å². The number of aliphatic hydroxyl groups excluding tert-OH is 1. The van der Waals surface area contributed by atoms with Crippen LogP contribution in [0.1, 0.15) is 31.2 Å². The molecule has 4 nitrogen and oxygen atoms in total. The van der Waals surface area contributed by atoms with Gasteiger partial charge in [-0.25, -0.2) is 13.1 Å². The van der Waals surface area contributed by atoms with Crippen LogP contribution in [-0.4, -0.2) is 26.2 Å². The fourth-order valence-corrected chi connectivity index (χ4v) is 4.55. The topological polar surface area (TPSA) is 66.4 Å². The van der Waals surface area contributed by atoms with Crippen LogP contribution in [0.2, 0.25) is 5.02 Å². The van der Waals surface area contributed by atoms with Gasteiger partial charge in [0.05, 0.1) is 4.90 Å². The first-order valence-electron chi connectivity index (χ1n) is 6.83. The maximum absolute atomic E-state index is 12.5. The number of aliphatic hydroxyl groups is 1. The monoisotopic (exact) mass is 317 g/mol. The lowest BCUT2D eigenvalue weighted by molar-refractivity contribution is 0.164. The first-order valence-corrected chi connectivity index (χ1v) is 8.69. The Balaban J connectivity index is 2.22. The van der Waals surface area contributed by atoms with Crippen LogP contribution >= 0.6 is 11.6 Å². The van der Waals surface area contributed by atoms with Crippen LogP contribution in [0.3, 0.4) is 0 Å². The highest BCUT2D eigenvalue weighted by Gasteiger charge is 2.29. The number of aryl methyl sites for hydroxylation is 1. The summed E-state index contributed by atoms with van der Waals surface area (Å²) in [7, 11) is -3.57. The molecule has 0 aliphatic heterocycles. The van der Waals surface area contributed by atoms with Crippen molar-refractivity contribution in [3.8, 4) is 0 Å². The van der Waals surface area contributed by atoms with Crippen molar-refractivity contribution in [2.24, 2.45) is 5.92 Å². The molecule has 1 aliphatic carbocycles. The number of hydrogen-bond acceptors (Lipinski definition) is 3. The minimum absolute atomic E-state index is 0.00568. The molecule has 1 aliphatic rings. The minimum Gasteiger partial charge on any atom is -0.396 e. The van der Waals surface area contributed by atoms with Crippen LogP contribution in [0.4, 0.5) is 0 Å². The van der Waals surface area contributed by atoms with Gasteiger partial charge in [0.1, 0.15) is 0 Å². The van der Waals surface area contributed by atoms with Crippen LogP contribution < -0.4 is 4.72 Å². The lowest BCUT2D eigenvalue weighted by Gasteiger charge is -2.30. The molecule has 112 valence electrons. The van der Waals surface area contributed by atoms with Crippen LogP contribution in [0, 0.1) is 12.8 Å². The van der Waals surface area contributed by atoms with E-state index in [2.05, 4.69) is 4.72 Å².